The van der Waals surface area contributed by atoms with E-state index in [1.54, 1.807) is 24.3 Å². The van der Waals surface area contributed by atoms with Crippen LogP contribution >= 0.6 is 0 Å². The van der Waals surface area contributed by atoms with Gasteiger partial charge in [-0.3, -0.25) is 14.4 Å². The molecule has 2 aromatic carbocycles. The highest BCUT2D eigenvalue weighted by molar-refractivity contribution is 5.94. The number of esters is 1. The number of nitrogens with zero attached hydrogens (tertiary/aromatic N) is 1. The zero-order chi connectivity index (χ0) is 21.3. The Hall–Kier alpha value is -3.15. The lowest BCUT2D eigenvalue weighted by Crippen LogP contribution is -2.41. The molecule has 1 fully saturated rings. The second-order valence-corrected chi connectivity index (χ2v) is 7.65. The molecule has 1 aliphatic rings. The molecule has 0 unspecified atom stereocenters. The van der Waals surface area contributed by atoms with Crippen molar-refractivity contribution in [3.63, 3.8) is 0 Å². The lowest BCUT2D eigenvalue weighted by molar-refractivity contribution is -0.131. The Kier molecular flexibility index (Phi) is 7.60. The monoisotopic (exact) mass is 408 g/mol. The second-order valence-electron chi connectivity index (χ2n) is 7.65. The number of likely N-dealkylation sites (tertiary alicyclic amines) is 1. The SMILES string of the molecule is CC(=O)Oc1cccc(C(=O)N2CCC(CNC(=O)CCc3ccccc3)CC2)c1. The first kappa shape index (κ1) is 21.6. The number of piperidine rings is 1. The maximum absolute atomic E-state index is 12.7. The Morgan fingerprint density at radius 3 is 2.47 bits per heavy atom. The normalized spacial score (nSPS) is 14.2. The molecule has 2 aromatic rings. The van der Waals surface area contributed by atoms with Gasteiger partial charge >= 0.3 is 5.97 Å². The maximum atomic E-state index is 12.7. The van der Waals surface area contributed by atoms with Gasteiger partial charge in [0.15, 0.2) is 0 Å². The van der Waals surface area contributed by atoms with Crippen molar-refractivity contribution in [3.8, 4) is 5.75 Å². The minimum atomic E-state index is -0.411. The summed E-state index contributed by atoms with van der Waals surface area (Å²) >= 11 is 0. The summed E-state index contributed by atoms with van der Waals surface area (Å²) in [6.45, 7) is 3.29. The van der Waals surface area contributed by atoms with Gasteiger partial charge in [-0.15, -0.1) is 0 Å². The van der Waals surface area contributed by atoms with Crippen molar-refractivity contribution in [2.45, 2.75) is 32.6 Å². The van der Waals surface area contributed by atoms with Crippen LogP contribution in [0.25, 0.3) is 0 Å². The van der Waals surface area contributed by atoms with Crippen LogP contribution in [-0.4, -0.2) is 42.3 Å². The van der Waals surface area contributed by atoms with Crippen LogP contribution in [0.2, 0.25) is 0 Å². The van der Waals surface area contributed by atoms with Crippen LogP contribution in [0.5, 0.6) is 5.75 Å². The molecular formula is C24H28N2O4. The Bertz CT molecular complexity index is 874. The minimum absolute atomic E-state index is 0.0608. The zero-order valence-corrected chi connectivity index (χ0v) is 17.3. The number of amides is 2. The summed E-state index contributed by atoms with van der Waals surface area (Å²) < 4.78 is 5.06. The topological polar surface area (TPSA) is 75.7 Å². The van der Waals surface area contributed by atoms with Gasteiger partial charge in [0.25, 0.3) is 5.91 Å². The van der Waals surface area contributed by atoms with Crippen LogP contribution in [-0.2, 0) is 16.0 Å². The molecule has 0 radical (unpaired) electrons. The van der Waals surface area contributed by atoms with Crippen LogP contribution < -0.4 is 10.1 Å². The van der Waals surface area contributed by atoms with E-state index >= 15 is 0 Å². The summed E-state index contributed by atoms with van der Waals surface area (Å²) in [6.07, 6.45) is 2.94. The number of rotatable bonds is 7. The molecule has 30 heavy (non-hydrogen) atoms. The molecule has 1 saturated heterocycles. The highest BCUT2D eigenvalue weighted by atomic mass is 16.5. The van der Waals surface area contributed by atoms with Gasteiger partial charge in [-0.2, -0.15) is 0 Å². The van der Waals surface area contributed by atoms with Gasteiger partial charge < -0.3 is 15.0 Å². The van der Waals surface area contributed by atoms with Crippen molar-refractivity contribution in [1.29, 1.82) is 0 Å². The van der Waals surface area contributed by atoms with Crippen molar-refractivity contribution in [2.75, 3.05) is 19.6 Å². The molecule has 0 saturated carbocycles. The molecule has 158 valence electrons. The van der Waals surface area contributed by atoms with E-state index in [-0.39, 0.29) is 11.8 Å². The first-order chi connectivity index (χ1) is 14.5. The van der Waals surface area contributed by atoms with Crippen LogP contribution in [0.4, 0.5) is 0 Å². The molecule has 2 amide bonds. The van der Waals surface area contributed by atoms with Gasteiger partial charge in [-0.1, -0.05) is 36.4 Å². The lowest BCUT2D eigenvalue weighted by Gasteiger charge is -2.32. The summed E-state index contributed by atoms with van der Waals surface area (Å²) in [5, 5.41) is 3.03. The number of benzene rings is 2. The lowest BCUT2D eigenvalue weighted by atomic mass is 9.96. The number of nitrogens with one attached hydrogen (secondary N) is 1. The Morgan fingerprint density at radius 1 is 1.03 bits per heavy atom. The standard InChI is InChI=1S/C24H28N2O4/c1-18(27)30-22-9-5-8-21(16-22)24(29)26-14-12-20(13-15-26)17-25-23(28)11-10-19-6-3-2-4-7-19/h2-9,16,20H,10-15,17H2,1H3,(H,25,28). The summed E-state index contributed by atoms with van der Waals surface area (Å²) in [4.78, 5) is 37.8. The van der Waals surface area contributed by atoms with Gasteiger partial charge in [0, 0.05) is 38.5 Å². The van der Waals surface area contributed by atoms with E-state index in [0.29, 0.717) is 43.3 Å². The van der Waals surface area contributed by atoms with Gasteiger partial charge in [-0.05, 0) is 48.9 Å². The number of aryl methyl sites for hydroxylation is 1. The van der Waals surface area contributed by atoms with E-state index in [1.165, 1.54) is 6.92 Å². The second kappa shape index (κ2) is 10.6. The molecule has 0 atom stereocenters. The predicted octanol–water partition coefficient (Wildman–Crippen LogP) is 3.21. The first-order valence-electron chi connectivity index (χ1n) is 10.4. The fourth-order valence-corrected chi connectivity index (χ4v) is 3.63. The van der Waals surface area contributed by atoms with Gasteiger partial charge in [0.2, 0.25) is 5.91 Å². The predicted molar refractivity (Wildman–Crippen MR) is 114 cm³/mol. The third-order valence-corrected chi connectivity index (χ3v) is 5.32. The van der Waals surface area contributed by atoms with E-state index in [1.807, 2.05) is 35.2 Å². The Balaban J connectivity index is 1.40. The number of carbonyl (C=O) groups excluding carboxylic acids is 3. The molecular weight excluding hydrogens is 380 g/mol. The molecule has 1 N–H and O–H groups in total. The molecule has 0 aromatic heterocycles. The highest BCUT2D eigenvalue weighted by Gasteiger charge is 2.24. The number of hydrogen-bond donors (Lipinski definition) is 1. The van der Waals surface area contributed by atoms with Crippen molar-refractivity contribution in [2.24, 2.45) is 5.92 Å². The van der Waals surface area contributed by atoms with Gasteiger partial charge in [0.1, 0.15) is 5.75 Å². The van der Waals surface area contributed by atoms with Crippen molar-refractivity contribution in [1.82, 2.24) is 10.2 Å². The van der Waals surface area contributed by atoms with E-state index in [0.717, 1.165) is 24.8 Å². The van der Waals surface area contributed by atoms with E-state index in [2.05, 4.69) is 5.32 Å². The highest BCUT2D eigenvalue weighted by Crippen LogP contribution is 2.21. The van der Waals surface area contributed by atoms with Crippen molar-refractivity contribution < 1.29 is 19.1 Å². The molecule has 6 nitrogen and oxygen atoms in total. The fourth-order valence-electron chi connectivity index (χ4n) is 3.63. The summed E-state index contributed by atoms with van der Waals surface area (Å²) in [6, 6.07) is 16.7. The summed E-state index contributed by atoms with van der Waals surface area (Å²) in [5.74, 6) is 0.351. The molecule has 1 aliphatic heterocycles. The maximum Gasteiger partial charge on any atom is 0.308 e. The van der Waals surface area contributed by atoms with Crippen molar-refractivity contribution >= 4 is 17.8 Å². The third-order valence-electron chi connectivity index (χ3n) is 5.32. The van der Waals surface area contributed by atoms with Crippen LogP contribution in [0.15, 0.2) is 54.6 Å². The number of carbonyl (C=O) groups is 3. The molecule has 6 heteroatoms. The van der Waals surface area contributed by atoms with Crippen LogP contribution in [0.1, 0.15) is 42.1 Å². The quantitative estimate of drug-likeness (QED) is 0.564. The van der Waals surface area contributed by atoms with Gasteiger partial charge in [0.05, 0.1) is 0 Å². The number of hydrogen-bond acceptors (Lipinski definition) is 4. The van der Waals surface area contributed by atoms with Crippen LogP contribution in [0.3, 0.4) is 0 Å². The first-order valence-corrected chi connectivity index (χ1v) is 10.4. The summed E-state index contributed by atoms with van der Waals surface area (Å²) in [5.41, 5.74) is 1.68. The molecule has 0 bridgehead atoms. The minimum Gasteiger partial charge on any atom is -0.427 e. The van der Waals surface area contributed by atoms with Gasteiger partial charge in [-0.25, -0.2) is 0 Å². The average molecular weight is 408 g/mol. The molecule has 0 spiro atoms. The zero-order valence-electron chi connectivity index (χ0n) is 17.3. The van der Waals surface area contributed by atoms with Crippen LogP contribution in [0, 0.1) is 5.92 Å². The molecule has 0 aliphatic carbocycles. The van der Waals surface area contributed by atoms with Crippen molar-refractivity contribution in [3.05, 3.63) is 65.7 Å². The Labute approximate surface area is 177 Å². The number of ether oxygens (including phenoxy) is 1. The summed E-state index contributed by atoms with van der Waals surface area (Å²) in [7, 11) is 0. The Morgan fingerprint density at radius 2 is 1.77 bits per heavy atom. The smallest absolute Gasteiger partial charge is 0.308 e. The van der Waals surface area contributed by atoms with E-state index in [4.69, 9.17) is 4.74 Å². The van der Waals surface area contributed by atoms with E-state index < -0.39 is 5.97 Å². The average Bonchev–Trinajstić information content (AvgIpc) is 2.76. The molecule has 3 rings (SSSR count). The third kappa shape index (κ3) is 6.44. The molecule has 1 heterocycles. The van der Waals surface area contributed by atoms with E-state index in [9.17, 15) is 14.4 Å². The largest absolute Gasteiger partial charge is 0.427 e. The fraction of sp³-hybridized carbons (Fsp3) is 0.375.